The Balaban J connectivity index is 1.48. The molecule has 3 heterocycles. The molecule has 6 heteroatoms. The van der Waals surface area contributed by atoms with Gasteiger partial charge in [0, 0.05) is 18.3 Å². The van der Waals surface area contributed by atoms with E-state index in [4.69, 9.17) is 0 Å². The predicted molar refractivity (Wildman–Crippen MR) is 89.9 cm³/mol. The molecule has 24 heavy (non-hydrogen) atoms. The Bertz CT molecular complexity index is 987. The van der Waals surface area contributed by atoms with Crippen molar-refractivity contribution in [3.8, 4) is 5.69 Å². The smallest absolute Gasteiger partial charge is 0.270 e. The maximum absolute atomic E-state index is 12.4. The largest absolute Gasteiger partial charge is 0.347 e. The van der Waals surface area contributed by atoms with E-state index in [1.54, 1.807) is 27.7 Å². The molecule has 4 rings (SSSR count). The normalized spacial score (nSPS) is 10.8. The van der Waals surface area contributed by atoms with Crippen LogP contribution in [-0.4, -0.2) is 25.3 Å². The molecular weight excluding hydrogens is 302 g/mol. The topological polar surface area (TPSA) is 64.2 Å². The summed E-state index contributed by atoms with van der Waals surface area (Å²) in [6, 6.07) is 17.2. The third kappa shape index (κ3) is 2.65. The molecule has 0 saturated carbocycles. The summed E-state index contributed by atoms with van der Waals surface area (Å²) >= 11 is 0. The van der Waals surface area contributed by atoms with Gasteiger partial charge in [-0.05, 0) is 30.3 Å². The van der Waals surface area contributed by atoms with E-state index < -0.39 is 0 Å². The highest BCUT2D eigenvalue weighted by Gasteiger charge is 2.10. The molecular formula is C18H15N5O. The van der Waals surface area contributed by atoms with Crippen molar-refractivity contribution in [2.75, 3.05) is 0 Å². The quantitative estimate of drug-likeness (QED) is 0.629. The van der Waals surface area contributed by atoms with Crippen LogP contribution in [0, 0.1) is 0 Å². The molecule has 0 saturated heterocycles. The average molecular weight is 317 g/mol. The Labute approximate surface area is 138 Å². The number of carbonyl (C=O) groups excluding carboxylic acids is 1. The zero-order chi connectivity index (χ0) is 16.4. The highest BCUT2D eigenvalue weighted by molar-refractivity contribution is 5.93. The van der Waals surface area contributed by atoms with Crippen molar-refractivity contribution in [1.29, 1.82) is 0 Å². The average Bonchev–Trinajstić information content (AvgIpc) is 3.29. The lowest BCUT2D eigenvalue weighted by Gasteiger charge is -2.05. The van der Waals surface area contributed by atoms with Crippen molar-refractivity contribution in [2.24, 2.45) is 0 Å². The summed E-state index contributed by atoms with van der Waals surface area (Å²) in [6.07, 6.45) is 5.34. The molecule has 0 radical (unpaired) electrons. The van der Waals surface area contributed by atoms with E-state index in [9.17, 15) is 4.79 Å². The SMILES string of the molecule is O=C(NCc1cnn(-c2ccccc2)c1)c1cccc2ccnn12. The number of pyridine rings is 1. The van der Waals surface area contributed by atoms with Gasteiger partial charge in [0.1, 0.15) is 5.69 Å². The molecule has 4 aromatic rings. The van der Waals surface area contributed by atoms with Crippen LogP contribution in [0.25, 0.3) is 11.2 Å². The first-order chi connectivity index (χ1) is 11.8. The standard InChI is InChI=1S/C18H15N5O/c24-18(17-8-4-7-16-9-10-20-23(16)17)19-11-14-12-21-22(13-14)15-5-2-1-3-6-15/h1-10,12-13H,11H2,(H,19,24). The molecule has 0 atom stereocenters. The molecule has 1 amide bonds. The van der Waals surface area contributed by atoms with Crippen LogP contribution in [-0.2, 0) is 6.54 Å². The maximum Gasteiger partial charge on any atom is 0.270 e. The summed E-state index contributed by atoms with van der Waals surface area (Å²) in [4.78, 5) is 12.4. The minimum atomic E-state index is -0.170. The number of para-hydroxylation sites is 1. The van der Waals surface area contributed by atoms with Gasteiger partial charge in [-0.3, -0.25) is 4.79 Å². The first-order valence-corrected chi connectivity index (χ1v) is 7.61. The van der Waals surface area contributed by atoms with Crippen LogP contribution < -0.4 is 5.32 Å². The number of benzene rings is 1. The van der Waals surface area contributed by atoms with E-state index in [-0.39, 0.29) is 5.91 Å². The second-order valence-electron chi connectivity index (χ2n) is 5.39. The van der Waals surface area contributed by atoms with E-state index in [2.05, 4.69) is 15.5 Å². The van der Waals surface area contributed by atoms with Crippen molar-refractivity contribution >= 4 is 11.4 Å². The Morgan fingerprint density at radius 1 is 1.00 bits per heavy atom. The van der Waals surface area contributed by atoms with Gasteiger partial charge in [-0.15, -0.1) is 0 Å². The Kier molecular flexibility index (Phi) is 3.55. The van der Waals surface area contributed by atoms with Gasteiger partial charge in [-0.25, -0.2) is 9.20 Å². The van der Waals surface area contributed by atoms with Crippen molar-refractivity contribution in [3.05, 3.63) is 84.4 Å². The van der Waals surface area contributed by atoms with Gasteiger partial charge in [-0.1, -0.05) is 24.3 Å². The molecule has 0 aliphatic rings. The lowest BCUT2D eigenvalue weighted by atomic mass is 10.3. The molecule has 0 unspecified atom stereocenters. The minimum Gasteiger partial charge on any atom is -0.347 e. The number of hydrogen-bond donors (Lipinski definition) is 1. The third-order valence-corrected chi connectivity index (χ3v) is 3.76. The fourth-order valence-electron chi connectivity index (χ4n) is 2.57. The van der Waals surface area contributed by atoms with Crippen LogP contribution in [0.2, 0.25) is 0 Å². The van der Waals surface area contributed by atoms with Crippen molar-refractivity contribution < 1.29 is 4.79 Å². The van der Waals surface area contributed by atoms with Gasteiger partial charge in [-0.2, -0.15) is 10.2 Å². The van der Waals surface area contributed by atoms with Crippen molar-refractivity contribution in [3.63, 3.8) is 0 Å². The molecule has 6 nitrogen and oxygen atoms in total. The monoisotopic (exact) mass is 317 g/mol. The molecule has 3 aromatic heterocycles. The number of fused-ring (bicyclic) bond motifs is 1. The summed E-state index contributed by atoms with van der Waals surface area (Å²) in [5, 5.41) is 11.4. The second kappa shape index (κ2) is 6.00. The summed E-state index contributed by atoms with van der Waals surface area (Å²) in [7, 11) is 0. The van der Waals surface area contributed by atoms with Gasteiger partial charge < -0.3 is 5.32 Å². The Morgan fingerprint density at radius 3 is 2.75 bits per heavy atom. The van der Waals surface area contributed by atoms with Crippen LogP contribution >= 0.6 is 0 Å². The molecule has 1 N–H and O–H groups in total. The van der Waals surface area contributed by atoms with Crippen LogP contribution in [0.15, 0.2) is 73.2 Å². The van der Waals surface area contributed by atoms with Crippen LogP contribution in [0.5, 0.6) is 0 Å². The van der Waals surface area contributed by atoms with Crippen molar-refractivity contribution in [1.82, 2.24) is 24.7 Å². The molecule has 118 valence electrons. The molecule has 1 aromatic carbocycles. The summed E-state index contributed by atoms with van der Waals surface area (Å²) < 4.78 is 3.42. The number of nitrogens with zero attached hydrogens (tertiary/aromatic N) is 4. The lowest BCUT2D eigenvalue weighted by molar-refractivity contribution is 0.0943. The van der Waals surface area contributed by atoms with Gasteiger partial charge in [0.25, 0.3) is 5.91 Å². The molecule has 0 aliphatic carbocycles. The molecule has 0 fully saturated rings. The maximum atomic E-state index is 12.4. The first kappa shape index (κ1) is 14.2. The summed E-state index contributed by atoms with van der Waals surface area (Å²) in [5.41, 5.74) is 3.31. The Hall–Kier alpha value is -3.41. The van der Waals surface area contributed by atoms with Crippen LogP contribution in [0.3, 0.4) is 0 Å². The predicted octanol–water partition coefficient (Wildman–Crippen LogP) is 2.45. The Morgan fingerprint density at radius 2 is 1.88 bits per heavy atom. The number of hydrogen-bond acceptors (Lipinski definition) is 3. The van der Waals surface area contributed by atoms with Gasteiger partial charge >= 0.3 is 0 Å². The lowest BCUT2D eigenvalue weighted by Crippen LogP contribution is -2.25. The fourth-order valence-corrected chi connectivity index (χ4v) is 2.57. The van der Waals surface area contributed by atoms with Crippen LogP contribution in [0.4, 0.5) is 0 Å². The number of nitrogens with one attached hydrogen (secondary N) is 1. The van der Waals surface area contributed by atoms with E-state index in [0.717, 1.165) is 16.8 Å². The highest BCUT2D eigenvalue weighted by Crippen LogP contribution is 2.09. The minimum absolute atomic E-state index is 0.170. The van der Waals surface area contributed by atoms with Gasteiger partial charge in [0.2, 0.25) is 0 Å². The zero-order valence-electron chi connectivity index (χ0n) is 12.8. The molecule has 0 bridgehead atoms. The second-order valence-corrected chi connectivity index (χ2v) is 5.39. The highest BCUT2D eigenvalue weighted by atomic mass is 16.1. The van der Waals surface area contributed by atoms with E-state index in [1.807, 2.05) is 54.7 Å². The van der Waals surface area contributed by atoms with E-state index in [1.165, 1.54) is 0 Å². The zero-order valence-corrected chi connectivity index (χ0v) is 12.8. The van der Waals surface area contributed by atoms with E-state index >= 15 is 0 Å². The third-order valence-electron chi connectivity index (χ3n) is 3.76. The molecule has 0 aliphatic heterocycles. The van der Waals surface area contributed by atoms with Crippen LogP contribution in [0.1, 0.15) is 16.1 Å². The number of rotatable bonds is 4. The van der Waals surface area contributed by atoms with E-state index in [0.29, 0.717) is 12.2 Å². The summed E-state index contributed by atoms with van der Waals surface area (Å²) in [5.74, 6) is -0.170. The van der Waals surface area contributed by atoms with Gasteiger partial charge in [0.15, 0.2) is 0 Å². The fraction of sp³-hybridized carbons (Fsp3) is 0.0556. The summed E-state index contributed by atoms with van der Waals surface area (Å²) in [6.45, 7) is 0.406. The van der Waals surface area contributed by atoms with Crippen molar-refractivity contribution in [2.45, 2.75) is 6.54 Å². The first-order valence-electron chi connectivity index (χ1n) is 7.61. The number of amides is 1. The van der Waals surface area contributed by atoms with Gasteiger partial charge in [0.05, 0.1) is 23.6 Å². The number of aromatic nitrogens is 4. The molecule has 0 spiro atoms. The number of carbonyl (C=O) groups is 1.